The molecular formula is C23H26N2O. The Labute approximate surface area is 155 Å². The van der Waals surface area contributed by atoms with Gasteiger partial charge in [0, 0.05) is 16.6 Å². The normalized spacial score (nSPS) is 14.8. The average molecular weight is 346 g/mol. The second kappa shape index (κ2) is 6.99. The van der Waals surface area contributed by atoms with Gasteiger partial charge in [-0.2, -0.15) is 0 Å². The molecule has 2 aromatic carbocycles. The molecule has 0 spiro atoms. The van der Waals surface area contributed by atoms with Gasteiger partial charge in [0.1, 0.15) is 6.54 Å². The molecular weight excluding hydrogens is 320 g/mol. The summed E-state index contributed by atoms with van der Waals surface area (Å²) in [5.41, 5.74) is 6.43. The van der Waals surface area contributed by atoms with Crippen molar-refractivity contribution >= 4 is 16.8 Å². The molecule has 3 nitrogen and oxygen atoms in total. The lowest BCUT2D eigenvalue weighted by molar-refractivity contribution is -0.122. The van der Waals surface area contributed by atoms with E-state index < -0.39 is 0 Å². The number of benzene rings is 2. The molecule has 1 atom stereocenters. The number of rotatable bonds is 4. The van der Waals surface area contributed by atoms with Gasteiger partial charge in [0.2, 0.25) is 5.91 Å². The van der Waals surface area contributed by atoms with Crippen LogP contribution < -0.4 is 5.32 Å². The highest BCUT2D eigenvalue weighted by Crippen LogP contribution is 2.32. The van der Waals surface area contributed by atoms with Crippen molar-refractivity contribution in [1.29, 1.82) is 0 Å². The third kappa shape index (κ3) is 3.14. The molecule has 1 amide bonds. The van der Waals surface area contributed by atoms with Gasteiger partial charge in [-0.1, -0.05) is 42.0 Å². The quantitative estimate of drug-likeness (QED) is 0.729. The van der Waals surface area contributed by atoms with Crippen molar-refractivity contribution in [2.24, 2.45) is 0 Å². The Morgan fingerprint density at radius 2 is 1.88 bits per heavy atom. The van der Waals surface area contributed by atoms with Gasteiger partial charge in [0.05, 0.1) is 6.04 Å². The minimum absolute atomic E-state index is 0.0172. The summed E-state index contributed by atoms with van der Waals surface area (Å²) in [4.78, 5) is 12.8. The Morgan fingerprint density at radius 1 is 1.12 bits per heavy atom. The third-order valence-corrected chi connectivity index (χ3v) is 5.51. The summed E-state index contributed by atoms with van der Waals surface area (Å²) in [6.45, 7) is 4.58. The first-order valence-electron chi connectivity index (χ1n) is 9.58. The summed E-state index contributed by atoms with van der Waals surface area (Å²) in [5.74, 6) is 0.0761. The Bertz CT molecular complexity index is 940. The van der Waals surface area contributed by atoms with Crippen LogP contribution in [0.5, 0.6) is 0 Å². The van der Waals surface area contributed by atoms with Crippen molar-refractivity contribution in [2.45, 2.75) is 52.1 Å². The molecule has 1 unspecified atom stereocenters. The van der Waals surface area contributed by atoms with E-state index in [1.165, 1.54) is 40.6 Å². The van der Waals surface area contributed by atoms with Crippen LogP contribution in [-0.4, -0.2) is 10.5 Å². The first-order chi connectivity index (χ1) is 12.6. The van der Waals surface area contributed by atoms with Gasteiger partial charge < -0.3 is 9.88 Å². The summed E-state index contributed by atoms with van der Waals surface area (Å²) < 4.78 is 2.25. The van der Waals surface area contributed by atoms with Gasteiger partial charge in [-0.05, 0) is 62.8 Å². The smallest absolute Gasteiger partial charge is 0.240 e. The van der Waals surface area contributed by atoms with Gasteiger partial charge in [-0.15, -0.1) is 0 Å². The van der Waals surface area contributed by atoms with E-state index in [0.717, 1.165) is 18.4 Å². The third-order valence-electron chi connectivity index (χ3n) is 5.51. The van der Waals surface area contributed by atoms with Crippen LogP contribution in [0.15, 0.2) is 48.5 Å². The number of amides is 1. The molecule has 3 aromatic rings. The molecule has 3 heteroatoms. The number of hydrogen-bond acceptors (Lipinski definition) is 1. The van der Waals surface area contributed by atoms with E-state index in [0.29, 0.717) is 6.54 Å². The minimum atomic E-state index is 0.0172. The topological polar surface area (TPSA) is 34.0 Å². The zero-order valence-electron chi connectivity index (χ0n) is 15.6. The lowest BCUT2D eigenvalue weighted by atomic mass is 9.95. The van der Waals surface area contributed by atoms with E-state index in [9.17, 15) is 4.79 Å². The Hall–Kier alpha value is -2.55. The monoisotopic (exact) mass is 346 g/mol. The van der Waals surface area contributed by atoms with E-state index in [1.807, 2.05) is 25.1 Å². The predicted octanol–water partition coefficient (Wildman–Crippen LogP) is 4.71. The molecule has 134 valence electrons. The zero-order valence-corrected chi connectivity index (χ0v) is 15.6. The number of nitrogens with zero attached hydrogens (tertiary/aromatic N) is 1. The van der Waals surface area contributed by atoms with Crippen LogP contribution in [0.1, 0.15) is 48.2 Å². The number of aryl methyl sites for hydroxylation is 2. The SMILES string of the molecule is Cc1ccc2c(c1)c1c(n2CC(=O)NC(C)c2ccccc2)CCCC1. The number of carbonyl (C=O) groups is 1. The van der Waals surface area contributed by atoms with Gasteiger partial charge in [0.25, 0.3) is 0 Å². The Balaban J connectivity index is 1.62. The van der Waals surface area contributed by atoms with Crippen LogP contribution in [0, 0.1) is 6.92 Å². The first-order valence-corrected chi connectivity index (χ1v) is 9.58. The van der Waals surface area contributed by atoms with Gasteiger partial charge in [-0.25, -0.2) is 0 Å². The van der Waals surface area contributed by atoms with Crippen LogP contribution in [-0.2, 0) is 24.2 Å². The second-order valence-electron chi connectivity index (χ2n) is 7.44. The molecule has 1 aromatic heterocycles. The predicted molar refractivity (Wildman–Crippen MR) is 106 cm³/mol. The fourth-order valence-corrected chi connectivity index (χ4v) is 4.19. The van der Waals surface area contributed by atoms with Crippen molar-refractivity contribution in [2.75, 3.05) is 0 Å². The Morgan fingerprint density at radius 3 is 2.69 bits per heavy atom. The number of hydrogen-bond donors (Lipinski definition) is 1. The molecule has 0 saturated carbocycles. The fourth-order valence-electron chi connectivity index (χ4n) is 4.19. The summed E-state index contributed by atoms with van der Waals surface area (Å²) in [7, 11) is 0. The zero-order chi connectivity index (χ0) is 18.1. The average Bonchev–Trinajstić information content (AvgIpc) is 2.96. The fraction of sp³-hybridized carbons (Fsp3) is 0.348. The summed E-state index contributed by atoms with van der Waals surface area (Å²) in [6, 6.07) is 16.8. The van der Waals surface area contributed by atoms with Gasteiger partial charge >= 0.3 is 0 Å². The standard InChI is InChI=1S/C23H26N2O/c1-16-12-13-22-20(14-16)19-10-6-7-11-21(19)25(22)15-23(26)24-17(2)18-8-4-3-5-9-18/h3-5,8-9,12-14,17H,6-7,10-11,15H2,1-2H3,(H,24,26). The number of nitrogens with one attached hydrogen (secondary N) is 1. The van der Waals surface area contributed by atoms with E-state index >= 15 is 0 Å². The summed E-state index contributed by atoms with van der Waals surface area (Å²) >= 11 is 0. The van der Waals surface area contributed by atoms with Crippen LogP contribution >= 0.6 is 0 Å². The maximum Gasteiger partial charge on any atom is 0.240 e. The molecule has 0 fully saturated rings. The molecule has 1 aliphatic carbocycles. The van der Waals surface area contributed by atoms with Crippen molar-refractivity contribution in [3.8, 4) is 0 Å². The highest BCUT2D eigenvalue weighted by Gasteiger charge is 2.21. The van der Waals surface area contributed by atoms with Gasteiger partial charge in [-0.3, -0.25) is 4.79 Å². The summed E-state index contributed by atoms with van der Waals surface area (Å²) in [5, 5.41) is 4.49. The number of fused-ring (bicyclic) bond motifs is 3. The van der Waals surface area contributed by atoms with Crippen molar-refractivity contribution in [3.63, 3.8) is 0 Å². The molecule has 0 bridgehead atoms. The molecule has 0 radical (unpaired) electrons. The van der Waals surface area contributed by atoms with Gasteiger partial charge in [0.15, 0.2) is 0 Å². The maximum atomic E-state index is 12.8. The van der Waals surface area contributed by atoms with Crippen LogP contribution in [0.25, 0.3) is 10.9 Å². The van der Waals surface area contributed by atoms with E-state index in [1.54, 1.807) is 0 Å². The van der Waals surface area contributed by atoms with Crippen LogP contribution in [0.3, 0.4) is 0 Å². The highest BCUT2D eigenvalue weighted by molar-refractivity contribution is 5.88. The van der Waals surface area contributed by atoms with Crippen molar-refractivity contribution in [3.05, 3.63) is 70.9 Å². The lowest BCUT2D eigenvalue weighted by Gasteiger charge is -2.18. The summed E-state index contributed by atoms with van der Waals surface area (Å²) in [6.07, 6.45) is 4.66. The minimum Gasteiger partial charge on any atom is -0.348 e. The van der Waals surface area contributed by atoms with Crippen LogP contribution in [0.4, 0.5) is 0 Å². The number of carbonyl (C=O) groups excluding carboxylic acids is 1. The molecule has 1 heterocycles. The molecule has 26 heavy (non-hydrogen) atoms. The highest BCUT2D eigenvalue weighted by atomic mass is 16.2. The van der Waals surface area contributed by atoms with E-state index in [4.69, 9.17) is 0 Å². The lowest BCUT2D eigenvalue weighted by Crippen LogP contribution is -2.30. The molecule has 4 rings (SSSR count). The number of aromatic nitrogens is 1. The van der Waals surface area contributed by atoms with Crippen molar-refractivity contribution < 1.29 is 4.79 Å². The largest absolute Gasteiger partial charge is 0.348 e. The molecule has 0 saturated heterocycles. The first kappa shape index (κ1) is 16.9. The van der Waals surface area contributed by atoms with Crippen molar-refractivity contribution in [1.82, 2.24) is 9.88 Å². The van der Waals surface area contributed by atoms with Crippen LogP contribution in [0.2, 0.25) is 0 Å². The molecule has 1 aliphatic rings. The van der Waals surface area contributed by atoms with E-state index in [-0.39, 0.29) is 11.9 Å². The maximum absolute atomic E-state index is 12.8. The molecule has 0 aliphatic heterocycles. The molecule has 1 N–H and O–H groups in total. The second-order valence-corrected chi connectivity index (χ2v) is 7.44. The van der Waals surface area contributed by atoms with E-state index in [2.05, 4.69) is 47.1 Å². The Kier molecular flexibility index (Phi) is 4.54.